The molecule has 0 amide bonds. The quantitative estimate of drug-likeness (QED) is 0.588. The molecule has 4 rings (SSSR count). The smallest absolute Gasteiger partial charge is 0.0988 e. The fraction of sp³-hybridized carbons (Fsp3) is 0.708. The summed E-state index contributed by atoms with van der Waals surface area (Å²) in [6, 6.07) is 6.94. The first-order valence-corrected chi connectivity index (χ1v) is 10.4. The summed E-state index contributed by atoms with van der Waals surface area (Å²) < 4.78 is 0. The molecule has 3 fully saturated rings. The van der Waals surface area contributed by atoms with E-state index in [-0.39, 0.29) is 5.54 Å². The third kappa shape index (κ3) is 2.64. The number of hydrogen-bond acceptors (Lipinski definition) is 1. The van der Waals surface area contributed by atoms with Crippen LogP contribution < -0.4 is 4.90 Å². The lowest BCUT2D eigenvalue weighted by Crippen LogP contribution is -2.37. The number of nitrogens with zero attached hydrogens (tertiary/aromatic N) is 1. The van der Waals surface area contributed by atoms with Crippen molar-refractivity contribution in [1.82, 2.24) is 0 Å². The molecule has 3 aliphatic rings. The molecule has 0 N–H and O–H groups in total. The van der Waals surface area contributed by atoms with Crippen LogP contribution in [-0.2, 0) is 0 Å². The van der Waals surface area contributed by atoms with Gasteiger partial charge >= 0.3 is 0 Å². The van der Waals surface area contributed by atoms with Crippen molar-refractivity contribution in [2.24, 2.45) is 17.3 Å². The van der Waals surface area contributed by atoms with Gasteiger partial charge in [-0.2, -0.15) is 0 Å². The highest BCUT2D eigenvalue weighted by molar-refractivity contribution is 5.66. The number of benzene rings is 1. The van der Waals surface area contributed by atoms with E-state index in [2.05, 4.69) is 71.2 Å². The van der Waals surface area contributed by atoms with Crippen molar-refractivity contribution in [3.8, 4) is 0 Å². The van der Waals surface area contributed by atoms with Crippen molar-refractivity contribution in [2.75, 3.05) is 4.90 Å². The normalized spacial score (nSPS) is 33.4. The van der Waals surface area contributed by atoms with Crippen LogP contribution in [0.25, 0.3) is 0 Å². The Bertz CT molecular complexity index is 630. The number of rotatable bonds is 3. The van der Waals surface area contributed by atoms with Gasteiger partial charge in [-0.15, -0.1) is 0 Å². The van der Waals surface area contributed by atoms with Gasteiger partial charge in [0, 0.05) is 16.6 Å². The maximum atomic E-state index is 4.13. The van der Waals surface area contributed by atoms with Crippen molar-refractivity contribution in [1.29, 1.82) is 0 Å². The summed E-state index contributed by atoms with van der Waals surface area (Å²) in [7, 11) is 0. The van der Waals surface area contributed by atoms with Crippen LogP contribution in [0.3, 0.4) is 0 Å². The lowest BCUT2D eigenvalue weighted by atomic mass is 9.70. The minimum atomic E-state index is 0.166. The van der Waals surface area contributed by atoms with Gasteiger partial charge in [-0.05, 0) is 74.3 Å². The monoisotopic (exact) mass is 337 g/mol. The molecule has 2 saturated carbocycles. The molecule has 2 bridgehead atoms. The molecular weight excluding hydrogens is 302 g/mol. The van der Waals surface area contributed by atoms with Crippen molar-refractivity contribution >= 4 is 5.69 Å². The van der Waals surface area contributed by atoms with Crippen LogP contribution in [-0.4, -0.2) is 5.54 Å². The topological polar surface area (TPSA) is 3.24 Å². The zero-order valence-corrected chi connectivity index (χ0v) is 17.0. The van der Waals surface area contributed by atoms with Gasteiger partial charge in [-0.1, -0.05) is 52.3 Å². The van der Waals surface area contributed by atoms with Crippen molar-refractivity contribution in [2.45, 2.75) is 91.0 Å². The van der Waals surface area contributed by atoms with Gasteiger partial charge < -0.3 is 4.90 Å². The van der Waals surface area contributed by atoms with E-state index in [9.17, 15) is 0 Å². The largest absolute Gasteiger partial charge is 0.355 e. The molecule has 0 aromatic heterocycles. The fourth-order valence-electron chi connectivity index (χ4n) is 6.19. The van der Waals surface area contributed by atoms with Crippen LogP contribution in [0.15, 0.2) is 18.2 Å². The summed E-state index contributed by atoms with van der Waals surface area (Å²) in [5.74, 6) is 2.94. The Morgan fingerprint density at radius 3 is 2.16 bits per heavy atom. The van der Waals surface area contributed by atoms with Gasteiger partial charge in [0.2, 0.25) is 0 Å². The number of hydrogen-bond donors (Lipinski definition) is 0. The molecule has 1 aromatic rings. The average Bonchev–Trinajstić information content (AvgIpc) is 3.18. The summed E-state index contributed by atoms with van der Waals surface area (Å²) in [4.78, 5) is 2.60. The summed E-state index contributed by atoms with van der Waals surface area (Å²) in [5.41, 5.74) is 4.97. The Balaban J connectivity index is 1.79. The van der Waals surface area contributed by atoms with E-state index in [1.54, 1.807) is 0 Å². The number of fused-ring (bicyclic) bond motifs is 3. The predicted molar refractivity (Wildman–Crippen MR) is 107 cm³/mol. The van der Waals surface area contributed by atoms with Gasteiger partial charge in [-0.25, -0.2) is 0 Å². The van der Waals surface area contributed by atoms with Crippen LogP contribution in [0.4, 0.5) is 5.69 Å². The minimum Gasteiger partial charge on any atom is -0.355 e. The highest BCUT2D eigenvalue weighted by Crippen LogP contribution is 2.65. The van der Waals surface area contributed by atoms with Gasteiger partial charge in [-0.3, -0.25) is 0 Å². The third-order valence-corrected chi connectivity index (χ3v) is 7.23. The maximum Gasteiger partial charge on any atom is 0.0988 e. The molecule has 3 atom stereocenters. The second-order valence-electron chi connectivity index (χ2n) is 10.3. The second kappa shape index (κ2) is 5.76. The van der Waals surface area contributed by atoms with E-state index in [1.165, 1.54) is 48.9 Å². The highest BCUT2D eigenvalue weighted by atomic mass is 15.2. The first-order chi connectivity index (χ1) is 11.7. The Kier molecular flexibility index (Phi) is 4.02. The van der Waals surface area contributed by atoms with Gasteiger partial charge in [0.15, 0.2) is 0 Å². The fourth-order valence-corrected chi connectivity index (χ4v) is 6.19. The molecule has 1 nitrogen and oxygen atoms in total. The van der Waals surface area contributed by atoms with Crippen molar-refractivity contribution < 1.29 is 0 Å². The second-order valence-corrected chi connectivity index (χ2v) is 10.3. The third-order valence-electron chi connectivity index (χ3n) is 7.23. The Morgan fingerprint density at radius 2 is 1.68 bits per heavy atom. The van der Waals surface area contributed by atoms with Gasteiger partial charge in [0.25, 0.3) is 0 Å². The Hall–Kier alpha value is -0.980. The molecule has 1 spiro atoms. The van der Waals surface area contributed by atoms with E-state index in [1.807, 2.05) is 0 Å². The van der Waals surface area contributed by atoms with Crippen molar-refractivity contribution in [3.63, 3.8) is 0 Å². The SMILES string of the molecule is CC(C)c1cccc(C(C)C)c1N1[C]C2(CC3CCC2C3)CC1(C)C. The lowest BCUT2D eigenvalue weighted by Gasteiger charge is -2.37. The molecule has 1 aromatic carbocycles. The van der Waals surface area contributed by atoms with Crippen LogP contribution >= 0.6 is 0 Å². The van der Waals surface area contributed by atoms with E-state index in [4.69, 9.17) is 0 Å². The highest BCUT2D eigenvalue weighted by Gasteiger charge is 2.59. The lowest BCUT2D eigenvalue weighted by molar-refractivity contribution is 0.200. The zero-order valence-electron chi connectivity index (χ0n) is 17.0. The molecule has 136 valence electrons. The summed E-state index contributed by atoms with van der Waals surface area (Å²) in [5, 5.41) is 0. The summed E-state index contributed by atoms with van der Waals surface area (Å²) in [6.45, 7) is 18.4. The van der Waals surface area contributed by atoms with E-state index in [0.717, 1.165) is 11.8 Å². The molecular formula is C24H35N. The Labute approximate surface area is 155 Å². The molecule has 2 aliphatic carbocycles. The van der Waals surface area contributed by atoms with Crippen LogP contribution in [0.2, 0.25) is 0 Å². The molecule has 1 heteroatoms. The molecule has 2 radical (unpaired) electrons. The molecule has 1 aliphatic heterocycles. The van der Waals surface area contributed by atoms with Crippen LogP contribution in [0.5, 0.6) is 0 Å². The predicted octanol–water partition coefficient (Wildman–Crippen LogP) is 6.77. The van der Waals surface area contributed by atoms with E-state index >= 15 is 0 Å². The zero-order chi connectivity index (χ0) is 18.0. The molecule has 3 unspecified atom stereocenters. The van der Waals surface area contributed by atoms with Gasteiger partial charge in [0.05, 0.1) is 6.54 Å². The first-order valence-electron chi connectivity index (χ1n) is 10.4. The van der Waals surface area contributed by atoms with Gasteiger partial charge in [0.1, 0.15) is 0 Å². The number of anilines is 1. The summed E-state index contributed by atoms with van der Waals surface area (Å²) in [6.07, 6.45) is 7.03. The average molecular weight is 338 g/mol. The van der Waals surface area contributed by atoms with E-state index in [0.29, 0.717) is 17.3 Å². The van der Waals surface area contributed by atoms with E-state index < -0.39 is 0 Å². The van der Waals surface area contributed by atoms with Crippen LogP contribution in [0.1, 0.15) is 96.6 Å². The number of para-hydroxylation sites is 1. The molecule has 1 saturated heterocycles. The first kappa shape index (κ1) is 17.4. The van der Waals surface area contributed by atoms with Crippen molar-refractivity contribution in [3.05, 3.63) is 35.9 Å². The maximum absolute atomic E-state index is 4.13. The molecule has 25 heavy (non-hydrogen) atoms. The standard InChI is InChI=1S/C24H35N/c1-16(2)20-8-7-9-21(17(3)4)22(20)25-15-24(14-23(25,5)6)13-18-10-11-19(24)12-18/h7-9,16-19H,10-14H2,1-6H3. The van der Waals surface area contributed by atoms with Crippen LogP contribution in [0, 0.1) is 23.8 Å². The Morgan fingerprint density at radius 1 is 1.04 bits per heavy atom. The minimum absolute atomic E-state index is 0.166. The summed E-state index contributed by atoms with van der Waals surface area (Å²) >= 11 is 0. The molecule has 1 heterocycles.